The number of aliphatic hydroxyl groups is 1. The molecular weight excluding hydrogens is 403 g/mol. The number of rotatable bonds is 5. The highest BCUT2D eigenvalue weighted by Gasteiger charge is 2.35. The van der Waals surface area contributed by atoms with Gasteiger partial charge in [0.1, 0.15) is 6.10 Å². The van der Waals surface area contributed by atoms with Gasteiger partial charge in [-0.1, -0.05) is 89.9 Å². The van der Waals surface area contributed by atoms with Crippen LogP contribution in [0.2, 0.25) is 10.0 Å². The highest BCUT2D eigenvalue weighted by Crippen LogP contribution is 2.37. The first-order valence-corrected chi connectivity index (χ1v) is 10.6. The van der Waals surface area contributed by atoms with Crippen molar-refractivity contribution in [2.75, 3.05) is 0 Å². The molecule has 0 unspecified atom stereocenters. The summed E-state index contributed by atoms with van der Waals surface area (Å²) in [5.41, 5.74) is 3.50. The Labute approximate surface area is 183 Å². The maximum absolute atomic E-state index is 9.99. The van der Waals surface area contributed by atoms with Crippen LogP contribution in [-0.2, 0) is 11.2 Å². The molecule has 1 heterocycles. The van der Waals surface area contributed by atoms with Crippen molar-refractivity contribution in [2.24, 2.45) is 0 Å². The lowest BCUT2D eigenvalue weighted by Gasteiger charge is -2.20. The van der Waals surface area contributed by atoms with E-state index in [2.05, 4.69) is 19.1 Å². The van der Waals surface area contributed by atoms with Crippen LogP contribution >= 0.6 is 23.2 Å². The van der Waals surface area contributed by atoms with Crippen LogP contribution in [0.25, 0.3) is 0 Å². The number of benzene rings is 3. The van der Waals surface area contributed by atoms with Gasteiger partial charge in [0.2, 0.25) is 0 Å². The molecule has 4 rings (SSSR count). The molecule has 1 saturated heterocycles. The van der Waals surface area contributed by atoms with Crippen molar-refractivity contribution in [3.63, 3.8) is 0 Å². The molecule has 0 bridgehead atoms. The molecule has 0 amide bonds. The van der Waals surface area contributed by atoms with E-state index in [9.17, 15) is 5.11 Å². The molecule has 1 N–H and O–H groups in total. The fraction of sp³-hybridized carbons (Fsp3) is 0.280. The quantitative estimate of drug-likeness (QED) is 0.450. The first kappa shape index (κ1) is 21.9. The second-order valence-corrected chi connectivity index (χ2v) is 8.20. The molecule has 1 aliphatic heterocycles. The zero-order valence-corrected chi connectivity index (χ0v) is 18.1. The van der Waals surface area contributed by atoms with Gasteiger partial charge in [-0.05, 0) is 49.1 Å². The lowest BCUT2D eigenvalue weighted by Crippen LogP contribution is -2.17. The van der Waals surface area contributed by atoms with E-state index in [1.807, 2.05) is 67.6 Å². The lowest BCUT2D eigenvalue weighted by atomic mass is 9.88. The van der Waals surface area contributed by atoms with Crippen LogP contribution in [0.15, 0.2) is 78.9 Å². The molecule has 4 heteroatoms. The summed E-state index contributed by atoms with van der Waals surface area (Å²) in [6.45, 7) is 3.91. The third-order valence-electron chi connectivity index (χ3n) is 5.09. The average molecular weight is 429 g/mol. The van der Waals surface area contributed by atoms with Gasteiger partial charge in [-0.15, -0.1) is 0 Å². The molecule has 0 saturated carbocycles. The smallest absolute Gasteiger partial charge is 0.109 e. The average Bonchev–Trinajstić information content (AvgIpc) is 3.47. The molecule has 0 aromatic heterocycles. The zero-order valence-electron chi connectivity index (χ0n) is 16.6. The second kappa shape index (κ2) is 10.3. The third-order valence-corrected chi connectivity index (χ3v) is 5.83. The summed E-state index contributed by atoms with van der Waals surface area (Å²) in [5, 5.41) is 11.1. The Kier molecular flexibility index (Phi) is 7.74. The summed E-state index contributed by atoms with van der Waals surface area (Å²) >= 11 is 11.9. The van der Waals surface area contributed by atoms with Crippen LogP contribution in [0, 0.1) is 0 Å². The molecule has 3 aromatic carbocycles. The predicted octanol–water partition coefficient (Wildman–Crippen LogP) is 6.85. The van der Waals surface area contributed by atoms with Crippen LogP contribution in [0.1, 0.15) is 42.6 Å². The summed E-state index contributed by atoms with van der Waals surface area (Å²) < 4.78 is 5.30. The minimum absolute atomic E-state index is 0.0541. The summed E-state index contributed by atoms with van der Waals surface area (Å²) in [6, 6.07) is 26.0. The Morgan fingerprint density at radius 3 is 2.00 bits per heavy atom. The summed E-state index contributed by atoms with van der Waals surface area (Å²) in [4.78, 5) is 0. The first-order chi connectivity index (χ1) is 14.0. The predicted molar refractivity (Wildman–Crippen MR) is 121 cm³/mol. The number of hydrogen-bond donors (Lipinski definition) is 1. The van der Waals surface area contributed by atoms with Gasteiger partial charge in [-0.25, -0.2) is 0 Å². The van der Waals surface area contributed by atoms with E-state index < -0.39 is 6.10 Å². The Hall–Kier alpha value is -1.84. The first-order valence-electron chi connectivity index (χ1n) is 9.83. The molecule has 2 nitrogen and oxygen atoms in total. The SMILES string of the molecule is C[C@@H]1O[C@H]1c1ccccc1.C[C@H](O)[C@H](Cc1ccc(Cl)c(Cl)c1)c1ccccc1. The van der Waals surface area contributed by atoms with Gasteiger partial charge >= 0.3 is 0 Å². The Morgan fingerprint density at radius 2 is 1.48 bits per heavy atom. The largest absolute Gasteiger partial charge is 0.393 e. The molecule has 0 aliphatic carbocycles. The molecule has 0 radical (unpaired) electrons. The van der Waals surface area contributed by atoms with E-state index in [4.69, 9.17) is 27.9 Å². The summed E-state index contributed by atoms with van der Waals surface area (Å²) in [6.07, 6.45) is 1.12. The van der Waals surface area contributed by atoms with E-state index >= 15 is 0 Å². The Balaban J connectivity index is 0.000000200. The maximum atomic E-state index is 9.99. The number of epoxide rings is 1. The lowest BCUT2D eigenvalue weighted by molar-refractivity contribution is 0.161. The summed E-state index contributed by atoms with van der Waals surface area (Å²) in [7, 11) is 0. The van der Waals surface area contributed by atoms with Gasteiger partial charge in [0.15, 0.2) is 0 Å². The highest BCUT2D eigenvalue weighted by molar-refractivity contribution is 6.42. The van der Waals surface area contributed by atoms with Gasteiger partial charge in [-0.3, -0.25) is 0 Å². The minimum atomic E-state index is -0.420. The number of halogens is 2. The minimum Gasteiger partial charge on any atom is -0.393 e. The molecule has 1 aliphatic rings. The van der Waals surface area contributed by atoms with Gasteiger partial charge in [0, 0.05) is 5.92 Å². The molecule has 152 valence electrons. The van der Waals surface area contributed by atoms with Crippen molar-refractivity contribution in [1.29, 1.82) is 0 Å². The number of hydrogen-bond acceptors (Lipinski definition) is 2. The van der Waals surface area contributed by atoms with Crippen LogP contribution in [0.4, 0.5) is 0 Å². The van der Waals surface area contributed by atoms with E-state index in [-0.39, 0.29) is 5.92 Å². The van der Waals surface area contributed by atoms with E-state index in [0.717, 1.165) is 17.5 Å². The fourth-order valence-electron chi connectivity index (χ4n) is 3.37. The fourth-order valence-corrected chi connectivity index (χ4v) is 3.69. The molecule has 3 aromatic rings. The van der Waals surface area contributed by atoms with Gasteiger partial charge in [0.05, 0.1) is 22.3 Å². The molecule has 4 atom stereocenters. The molecule has 0 spiro atoms. The number of aliphatic hydroxyl groups excluding tert-OH is 1. The van der Waals surface area contributed by atoms with Gasteiger partial charge in [-0.2, -0.15) is 0 Å². The Morgan fingerprint density at radius 1 is 0.897 bits per heavy atom. The maximum Gasteiger partial charge on any atom is 0.109 e. The summed E-state index contributed by atoms with van der Waals surface area (Å²) in [5.74, 6) is 0.0541. The van der Waals surface area contributed by atoms with Crippen LogP contribution < -0.4 is 0 Å². The van der Waals surface area contributed by atoms with Crippen molar-refractivity contribution >= 4 is 23.2 Å². The normalized spacial score (nSPS) is 19.6. The van der Waals surface area contributed by atoms with E-state index in [1.54, 1.807) is 6.07 Å². The topological polar surface area (TPSA) is 32.8 Å². The highest BCUT2D eigenvalue weighted by atomic mass is 35.5. The standard InChI is InChI=1S/C16H16Cl2O.C9H10O/c1-11(19)14(13-5-3-2-4-6-13)9-12-7-8-15(17)16(18)10-12;1-7-9(10-7)8-5-3-2-4-6-8/h2-8,10-11,14,19H,9H2,1H3;2-7,9H,1H3/t11-,14-;7-,9+/m00/s1. The van der Waals surface area contributed by atoms with Gasteiger partial charge in [0.25, 0.3) is 0 Å². The van der Waals surface area contributed by atoms with Crippen molar-refractivity contribution in [2.45, 2.75) is 44.5 Å². The molecule has 1 fully saturated rings. The second-order valence-electron chi connectivity index (χ2n) is 7.38. The van der Waals surface area contributed by atoms with Crippen LogP contribution in [0.3, 0.4) is 0 Å². The monoisotopic (exact) mass is 428 g/mol. The molecular formula is C25H26Cl2O2. The van der Waals surface area contributed by atoms with Crippen LogP contribution in [-0.4, -0.2) is 17.3 Å². The zero-order chi connectivity index (χ0) is 20.8. The van der Waals surface area contributed by atoms with E-state index in [0.29, 0.717) is 22.3 Å². The molecule has 29 heavy (non-hydrogen) atoms. The number of ether oxygens (including phenoxy) is 1. The van der Waals surface area contributed by atoms with Gasteiger partial charge < -0.3 is 9.84 Å². The Bertz CT molecular complexity index is 897. The third kappa shape index (κ3) is 6.32. The van der Waals surface area contributed by atoms with Crippen molar-refractivity contribution in [3.8, 4) is 0 Å². The van der Waals surface area contributed by atoms with Crippen LogP contribution in [0.5, 0.6) is 0 Å². The van der Waals surface area contributed by atoms with E-state index in [1.165, 1.54) is 5.56 Å². The van der Waals surface area contributed by atoms with Crippen molar-refractivity contribution < 1.29 is 9.84 Å². The van der Waals surface area contributed by atoms with Crippen molar-refractivity contribution in [3.05, 3.63) is 106 Å². The van der Waals surface area contributed by atoms with Crippen molar-refractivity contribution in [1.82, 2.24) is 0 Å².